The normalized spacial score (nSPS) is 16.0. The first-order chi connectivity index (χ1) is 16.8. The standard InChI is InChI=1S/C27H24ClN3O3S/c1-3-17-9-11-18(12-10-17)24-16-23(30-31(24)35(2,33)34)26-25(19-7-5-4-6-8-19)21-15-20(28)13-14-22(21)29-27(26)32/h4-15,24H,3,16H2,1-2H3,(H,29,32). The van der Waals surface area contributed by atoms with Crippen LogP contribution in [-0.4, -0.2) is 29.8 Å². The maximum absolute atomic E-state index is 13.4. The average Bonchev–Trinajstić information content (AvgIpc) is 3.30. The monoisotopic (exact) mass is 505 g/mol. The smallest absolute Gasteiger partial charge is 0.258 e. The summed E-state index contributed by atoms with van der Waals surface area (Å²) in [5.41, 5.74) is 4.58. The molecule has 1 aliphatic rings. The summed E-state index contributed by atoms with van der Waals surface area (Å²) in [7, 11) is -3.68. The van der Waals surface area contributed by atoms with Gasteiger partial charge in [-0.15, -0.1) is 0 Å². The number of benzene rings is 3. The quantitative estimate of drug-likeness (QED) is 0.387. The van der Waals surface area contributed by atoms with Gasteiger partial charge >= 0.3 is 0 Å². The van der Waals surface area contributed by atoms with Gasteiger partial charge in [0.1, 0.15) is 0 Å². The Labute approximate surface area is 208 Å². The predicted molar refractivity (Wildman–Crippen MR) is 141 cm³/mol. The van der Waals surface area contributed by atoms with E-state index in [9.17, 15) is 13.2 Å². The number of aromatic nitrogens is 1. The van der Waals surface area contributed by atoms with Crippen LogP contribution in [0.2, 0.25) is 5.02 Å². The fourth-order valence-corrected chi connectivity index (χ4v) is 5.69. The fourth-order valence-electron chi connectivity index (χ4n) is 4.61. The van der Waals surface area contributed by atoms with Crippen molar-refractivity contribution >= 4 is 38.2 Å². The number of nitrogens with one attached hydrogen (secondary N) is 1. The molecule has 5 rings (SSSR count). The number of aromatic amines is 1. The lowest BCUT2D eigenvalue weighted by atomic mass is 9.91. The van der Waals surface area contributed by atoms with Crippen LogP contribution in [0.4, 0.5) is 0 Å². The summed E-state index contributed by atoms with van der Waals surface area (Å²) in [4.78, 5) is 16.4. The predicted octanol–water partition coefficient (Wildman–Crippen LogP) is 5.52. The van der Waals surface area contributed by atoms with Crippen molar-refractivity contribution in [3.8, 4) is 11.1 Å². The molecule has 178 valence electrons. The highest BCUT2D eigenvalue weighted by molar-refractivity contribution is 7.88. The molecule has 0 saturated carbocycles. The van der Waals surface area contributed by atoms with Crippen LogP contribution in [0.15, 0.2) is 82.7 Å². The molecule has 6 nitrogen and oxygen atoms in total. The Morgan fingerprint density at radius 3 is 2.40 bits per heavy atom. The molecule has 0 radical (unpaired) electrons. The van der Waals surface area contributed by atoms with Gasteiger partial charge in [-0.3, -0.25) is 4.79 Å². The van der Waals surface area contributed by atoms with Gasteiger partial charge in [-0.05, 0) is 41.3 Å². The van der Waals surface area contributed by atoms with E-state index in [0.717, 1.165) is 39.2 Å². The molecule has 1 unspecified atom stereocenters. The van der Waals surface area contributed by atoms with E-state index in [1.165, 1.54) is 0 Å². The molecule has 35 heavy (non-hydrogen) atoms. The molecule has 2 heterocycles. The molecule has 4 aromatic rings. The lowest BCUT2D eigenvalue weighted by Gasteiger charge is -2.21. The van der Waals surface area contributed by atoms with Crippen molar-refractivity contribution in [1.29, 1.82) is 0 Å². The third-order valence-electron chi connectivity index (χ3n) is 6.31. The number of halogens is 1. The van der Waals surface area contributed by atoms with E-state index in [-0.39, 0.29) is 12.0 Å². The number of hydrogen-bond acceptors (Lipinski definition) is 4. The molecule has 1 N–H and O–H groups in total. The van der Waals surface area contributed by atoms with Gasteiger partial charge in [0.2, 0.25) is 10.0 Å². The lowest BCUT2D eigenvalue weighted by Crippen LogP contribution is -2.25. The molecule has 0 aliphatic carbocycles. The number of rotatable bonds is 5. The number of nitrogens with zero attached hydrogens (tertiary/aromatic N) is 2. The largest absolute Gasteiger partial charge is 0.321 e. The first kappa shape index (κ1) is 23.3. The SMILES string of the molecule is CCc1ccc(C2CC(c3c(-c4ccccc4)c4cc(Cl)ccc4[nH]c3=O)=NN2S(C)(=O)=O)cc1. The van der Waals surface area contributed by atoms with E-state index in [1.807, 2.05) is 60.7 Å². The zero-order chi connectivity index (χ0) is 24.7. The molecule has 0 bridgehead atoms. The Balaban J connectivity index is 1.74. The van der Waals surface area contributed by atoms with Crippen LogP contribution in [0, 0.1) is 0 Å². The second-order valence-corrected chi connectivity index (χ2v) is 10.9. The summed E-state index contributed by atoms with van der Waals surface area (Å²) in [6, 6.07) is 22.2. The third kappa shape index (κ3) is 4.37. The Morgan fingerprint density at radius 2 is 1.74 bits per heavy atom. The van der Waals surface area contributed by atoms with Gasteiger partial charge in [0.05, 0.1) is 23.6 Å². The van der Waals surface area contributed by atoms with Gasteiger partial charge in [-0.25, -0.2) is 8.42 Å². The molecule has 0 fully saturated rings. The first-order valence-corrected chi connectivity index (χ1v) is 13.6. The number of pyridine rings is 1. The zero-order valence-electron chi connectivity index (χ0n) is 19.3. The van der Waals surface area contributed by atoms with E-state index in [4.69, 9.17) is 11.6 Å². The zero-order valence-corrected chi connectivity index (χ0v) is 20.9. The number of fused-ring (bicyclic) bond motifs is 1. The Morgan fingerprint density at radius 1 is 1.03 bits per heavy atom. The minimum absolute atomic E-state index is 0.271. The number of hydrogen-bond donors (Lipinski definition) is 1. The minimum atomic E-state index is -3.68. The molecule has 0 amide bonds. The number of hydrazone groups is 1. The Kier molecular flexibility index (Phi) is 5.99. The van der Waals surface area contributed by atoms with Gasteiger partial charge in [0.15, 0.2) is 0 Å². The van der Waals surface area contributed by atoms with Crippen molar-refractivity contribution < 1.29 is 8.42 Å². The first-order valence-electron chi connectivity index (χ1n) is 11.3. The highest BCUT2D eigenvalue weighted by Gasteiger charge is 2.36. The van der Waals surface area contributed by atoms with E-state index in [2.05, 4.69) is 17.0 Å². The topological polar surface area (TPSA) is 82.6 Å². The second kappa shape index (κ2) is 8.98. The summed E-state index contributed by atoms with van der Waals surface area (Å²) >= 11 is 6.33. The van der Waals surface area contributed by atoms with E-state index < -0.39 is 16.1 Å². The van der Waals surface area contributed by atoms with Gasteiger partial charge < -0.3 is 4.98 Å². The van der Waals surface area contributed by atoms with Gasteiger partial charge in [0, 0.05) is 27.9 Å². The maximum atomic E-state index is 13.4. The molecule has 0 spiro atoms. The molecule has 3 aromatic carbocycles. The molecule has 1 aliphatic heterocycles. The average molecular weight is 506 g/mol. The van der Waals surface area contributed by atoms with E-state index in [0.29, 0.717) is 27.4 Å². The van der Waals surface area contributed by atoms with Gasteiger partial charge in [-0.2, -0.15) is 9.52 Å². The highest BCUT2D eigenvalue weighted by atomic mass is 35.5. The van der Waals surface area contributed by atoms with Crippen LogP contribution >= 0.6 is 11.6 Å². The van der Waals surface area contributed by atoms with E-state index in [1.54, 1.807) is 12.1 Å². The highest BCUT2D eigenvalue weighted by Crippen LogP contribution is 2.38. The molecular weight excluding hydrogens is 482 g/mol. The van der Waals surface area contributed by atoms with Crippen LogP contribution < -0.4 is 5.56 Å². The molecule has 0 saturated heterocycles. The number of H-pyrrole nitrogens is 1. The molecule has 8 heteroatoms. The summed E-state index contributed by atoms with van der Waals surface area (Å²) in [5.74, 6) is 0. The van der Waals surface area contributed by atoms with Crippen LogP contribution in [0.3, 0.4) is 0 Å². The van der Waals surface area contributed by atoms with Crippen molar-refractivity contribution in [2.75, 3.05) is 6.26 Å². The number of aryl methyl sites for hydroxylation is 1. The lowest BCUT2D eigenvalue weighted by molar-refractivity contribution is 0.375. The second-order valence-electron chi connectivity index (χ2n) is 8.66. The number of sulfonamides is 1. The summed E-state index contributed by atoms with van der Waals surface area (Å²) < 4.78 is 26.6. The summed E-state index contributed by atoms with van der Waals surface area (Å²) in [5, 5.41) is 5.82. The van der Waals surface area contributed by atoms with Crippen molar-refractivity contribution in [1.82, 2.24) is 9.40 Å². The van der Waals surface area contributed by atoms with E-state index >= 15 is 0 Å². The Hall–Kier alpha value is -3.42. The van der Waals surface area contributed by atoms with Crippen LogP contribution in [-0.2, 0) is 16.4 Å². The summed E-state index contributed by atoms with van der Waals surface area (Å²) in [6.45, 7) is 2.07. The van der Waals surface area contributed by atoms with Crippen molar-refractivity contribution in [3.63, 3.8) is 0 Å². The van der Waals surface area contributed by atoms with Crippen molar-refractivity contribution in [2.45, 2.75) is 25.8 Å². The van der Waals surface area contributed by atoms with Crippen LogP contribution in [0.1, 0.15) is 36.1 Å². The fraction of sp³-hybridized carbons (Fsp3) is 0.185. The van der Waals surface area contributed by atoms with Crippen molar-refractivity contribution in [3.05, 3.63) is 105 Å². The molecule has 1 atom stereocenters. The van der Waals surface area contributed by atoms with Crippen molar-refractivity contribution in [2.24, 2.45) is 5.10 Å². The van der Waals surface area contributed by atoms with Crippen LogP contribution in [0.25, 0.3) is 22.0 Å². The molecular formula is C27H24ClN3O3S. The van der Waals surface area contributed by atoms with Gasteiger partial charge in [0.25, 0.3) is 5.56 Å². The van der Waals surface area contributed by atoms with Crippen LogP contribution in [0.5, 0.6) is 0 Å². The van der Waals surface area contributed by atoms with Gasteiger partial charge in [-0.1, -0.05) is 73.1 Å². The molecule has 1 aromatic heterocycles. The maximum Gasteiger partial charge on any atom is 0.258 e. The third-order valence-corrected chi connectivity index (χ3v) is 7.56. The summed E-state index contributed by atoms with van der Waals surface area (Å²) in [6.07, 6.45) is 2.29. The minimum Gasteiger partial charge on any atom is -0.321 e. The Bertz CT molecular complexity index is 1610.